The first kappa shape index (κ1) is 8.91. The first-order chi connectivity index (χ1) is 5.69. The molecule has 66 valence electrons. The molecular formula is C10H15NO. The molecule has 1 rings (SSSR count). The molecule has 2 heteroatoms. The summed E-state index contributed by atoms with van der Waals surface area (Å²) in [5, 5.41) is 9.26. The minimum atomic E-state index is 0.265. The second-order valence-electron chi connectivity index (χ2n) is 2.88. The van der Waals surface area contributed by atoms with Gasteiger partial charge < -0.3 is 10.8 Å². The second kappa shape index (κ2) is 3.48. The Hall–Kier alpha value is -1.18. The number of hydrogen-bond donors (Lipinski definition) is 2. The van der Waals surface area contributed by atoms with Crippen LogP contribution in [0.25, 0.3) is 0 Å². The van der Waals surface area contributed by atoms with Crippen molar-refractivity contribution in [3.63, 3.8) is 0 Å². The fraction of sp³-hybridized carbons (Fsp3) is 0.400. The summed E-state index contributed by atoms with van der Waals surface area (Å²) in [6.45, 7) is 4.13. The Balaban J connectivity index is 3.24. The Bertz CT molecular complexity index is 281. The van der Waals surface area contributed by atoms with Crippen LogP contribution in [0.3, 0.4) is 0 Å². The molecule has 0 spiro atoms. The number of nitrogens with two attached hydrogens (primary N) is 1. The average molecular weight is 165 g/mol. The van der Waals surface area contributed by atoms with E-state index in [1.165, 1.54) is 0 Å². The van der Waals surface area contributed by atoms with Crippen LogP contribution < -0.4 is 5.73 Å². The van der Waals surface area contributed by atoms with Crippen LogP contribution >= 0.6 is 0 Å². The highest BCUT2D eigenvalue weighted by Gasteiger charge is 2.04. The number of aryl methyl sites for hydroxylation is 1. The molecule has 0 saturated carbocycles. The SMILES string of the molecule is CCc1cc(O)cc(N)c1CC. The number of nitrogen functional groups attached to an aromatic ring is 1. The van der Waals surface area contributed by atoms with Gasteiger partial charge in [0.1, 0.15) is 5.75 Å². The van der Waals surface area contributed by atoms with Crippen LogP contribution in [-0.4, -0.2) is 5.11 Å². The average Bonchev–Trinajstić information content (AvgIpc) is 2.03. The van der Waals surface area contributed by atoms with E-state index in [0.717, 1.165) is 24.0 Å². The topological polar surface area (TPSA) is 46.2 Å². The van der Waals surface area contributed by atoms with Crippen molar-refractivity contribution in [2.75, 3.05) is 5.73 Å². The summed E-state index contributed by atoms with van der Waals surface area (Å²) in [6.07, 6.45) is 1.84. The van der Waals surface area contributed by atoms with Gasteiger partial charge in [-0.05, 0) is 30.0 Å². The molecule has 0 aliphatic rings. The minimum absolute atomic E-state index is 0.265. The van der Waals surface area contributed by atoms with E-state index in [1.807, 2.05) is 0 Å². The number of aromatic hydroxyl groups is 1. The zero-order valence-corrected chi connectivity index (χ0v) is 7.59. The number of phenols is 1. The summed E-state index contributed by atoms with van der Waals surface area (Å²) < 4.78 is 0. The van der Waals surface area contributed by atoms with Crippen molar-refractivity contribution in [2.24, 2.45) is 0 Å². The molecule has 0 saturated heterocycles. The van der Waals surface area contributed by atoms with E-state index < -0.39 is 0 Å². The third-order valence-electron chi connectivity index (χ3n) is 2.10. The van der Waals surface area contributed by atoms with Gasteiger partial charge in [-0.3, -0.25) is 0 Å². The first-order valence-corrected chi connectivity index (χ1v) is 4.29. The Morgan fingerprint density at radius 3 is 2.42 bits per heavy atom. The molecule has 0 heterocycles. The summed E-state index contributed by atoms with van der Waals surface area (Å²) in [7, 11) is 0. The van der Waals surface area contributed by atoms with E-state index >= 15 is 0 Å². The third-order valence-corrected chi connectivity index (χ3v) is 2.10. The highest BCUT2D eigenvalue weighted by molar-refractivity contribution is 5.55. The normalized spacial score (nSPS) is 10.2. The van der Waals surface area contributed by atoms with Crippen LogP contribution in [0.1, 0.15) is 25.0 Å². The molecule has 0 fully saturated rings. The van der Waals surface area contributed by atoms with Gasteiger partial charge in [0.15, 0.2) is 0 Å². The maximum absolute atomic E-state index is 9.26. The van der Waals surface area contributed by atoms with Crippen LogP contribution in [0.2, 0.25) is 0 Å². The maximum Gasteiger partial charge on any atom is 0.117 e. The van der Waals surface area contributed by atoms with Crippen molar-refractivity contribution >= 4 is 5.69 Å². The third kappa shape index (κ3) is 1.52. The molecule has 0 aromatic heterocycles. The standard InChI is InChI=1S/C10H15NO/c1-3-7-5-8(12)6-10(11)9(7)4-2/h5-6,12H,3-4,11H2,1-2H3. The molecule has 0 aliphatic heterocycles. The lowest BCUT2D eigenvalue weighted by molar-refractivity contribution is 0.474. The van der Waals surface area contributed by atoms with Gasteiger partial charge in [0.25, 0.3) is 0 Å². The Labute approximate surface area is 73.0 Å². The van der Waals surface area contributed by atoms with E-state index in [9.17, 15) is 5.11 Å². The summed E-state index contributed by atoms with van der Waals surface area (Å²) in [5.41, 5.74) is 8.76. The fourth-order valence-electron chi connectivity index (χ4n) is 1.49. The first-order valence-electron chi connectivity index (χ1n) is 4.29. The van der Waals surface area contributed by atoms with Crippen LogP contribution in [0.5, 0.6) is 5.75 Å². The van der Waals surface area contributed by atoms with E-state index in [1.54, 1.807) is 12.1 Å². The number of rotatable bonds is 2. The predicted molar refractivity (Wildman–Crippen MR) is 51.3 cm³/mol. The number of phenolic OH excluding ortho intramolecular Hbond substituents is 1. The van der Waals surface area contributed by atoms with Gasteiger partial charge in [0, 0.05) is 11.8 Å². The van der Waals surface area contributed by atoms with Gasteiger partial charge >= 0.3 is 0 Å². The lowest BCUT2D eigenvalue weighted by Crippen LogP contribution is -1.97. The lowest BCUT2D eigenvalue weighted by Gasteiger charge is -2.09. The highest BCUT2D eigenvalue weighted by Crippen LogP contribution is 2.24. The van der Waals surface area contributed by atoms with Crippen molar-refractivity contribution in [2.45, 2.75) is 26.7 Å². The van der Waals surface area contributed by atoms with Gasteiger partial charge in [-0.25, -0.2) is 0 Å². The zero-order chi connectivity index (χ0) is 9.14. The molecule has 0 unspecified atom stereocenters. The van der Waals surface area contributed by atoms with Gasteiger partial charge in [0.05, 0.1) is 0 Å². The number of anilines is 1. The van der Waals surface area contributed by atoms with Gasteiger partial charge in [-0.15, -0.1) is 0 Å². The van der Waals surface area contributed by atoms with E-state index in [0.29, 0.717) is 5.69 Å². The number of benzene rings is 1. The van der Waals surface area contributed by atoms with Crippen molar-refractivity contribution in [3.05, 3.63) is 23.3 Å². The molecular weight excluding hydrogens is 150 g/mol. The van der Waals surface area contributed by atoms with Crippen molar-refractivity contribution in [1.82, 2.24) is 0 Å². The Kier molecular flexibility index (Phi) is 2.58. The smallest absolute Gasteiger partial charge is 0.117 e. The van der Waals surface area contributed by atoms with E-state index in [-0.39, 0.29) is 5.75 Å². The van der Waals surface area contributed by atoms with Gasteiger partial charge in [-0.2, -0.15) is 0 Å². The summed E-state index contributed by atoms with van der Waals surface area (Å²) in [6, 6.07) is 3.40. The molecule has 12 heavy (non-hydrogen) atoms. The maximum atomic E-state index is 9.26. The lowest BCUT2D eigenvalue weighted by atomic mass is 10.0. The van der Waals surface area contributed by atoms with Crippen molar-refractivity contribution < 1.29 is 5.11 Å². The molecule has 2 nitrogen and oxygen atoms in total. The molecule has 0 radical (unpaired) electrons. The van der Waals surface area contributed by atoms with Crippen LogP contribution in [0.4, 0.5) is 5.69 Å². The summed E-state index contributed by atoms with van der Waals surface area (Å²) in [5.74, 6) is 0.265. The fourth-order valence-corrected chi connectivity index (χ4v) is 1.49. The number of hydrogen-bond acceptors (Lipinski definition) is 2. The minimum Gasteiger partial charge on any atom is -0.508 e. The van der Waals surface area contributed by atoms with Crippen LogP contribution in [0, 0.1) is 0 Å². The molecule has 1 aromatic carbocycles. The van der Waals surface area contributed by atoms with Gasteiger partial charge in [0.2, 0.25) is 0 Å². The van der Waals surface area contributed by atoms with Gasteiger partial charge in [-0.1, -0.05) is 13.8 Å². The molecule has 3 N–H and O–H groups in total. The monoisotopic (exact) mass is 165 g/mol. The Morgan fingerprint density at radius 2 is 1.92 bits per heavy atom. The van der Waals surface area contributed by atoms with Crippen LogP contribution in [0.15, 0.2) is 12.1 Å². The Morgan fingerprint density at radius 1 is 1.25 bits per heavy atom. The molecule has 0 bridgehead atoms. The quantitative estimate of drug-likeness (QED) is 0.659. The predicted octanol–water partition coefficient (Wildman–Crippen LogP) is 2.10. The van der Waals surface area contributed by atoms with E-state index in [2.05, 4.69) is 13.8 Å². The largest absolute Gasteiger partial charge is 0.508 e. The summed E-state index contributed by atoms with van der Waals surface area (Å²) >= 11 is 0. The van der Waals surface area contributed by atoms with Crippen LogP contribution in [-0.2, 0) is 12.8 Å². The summed E-state index contributed by atoms with van der Waals surface area (Å²) in [4.78, 5) is 0. The van der Waals surface area contributed by atoms with Crippen molar-refractivity contribution in [1.29, 1.82) is 0 Å². The molecule has 0 amide bonds. The van der Waals surface area contributed by atoms with E-state index in [4.69, 9.17) is 5.73 Å². The molecule has 1 aromatic rings. The highest BCUT2D eigenvalue weighted by atomic mass is 16.3. The second-order valence-corrected chi connectivity index (χ2v) is 2.88. The zero-order valence-electron chi connectivity index (χ0n) is 7.59. The molecule has 0 aliphatic carbocycles. The van der Waals surface area contributed by atoms with Crippen molar-refractivity contribution in [3.8, 4) is 5.75 Å². The molecule has 0 atom stereocenters.